The number of anilines is 1. The summed E-state index contributed by atoms with van der Waals surface area (Å²) in [5.41, 5.74) is 1.10. The zero-order valence-electron chi connectivity index (χ0n) is 21.7. The molecule has 0 unspecified atom stereocenters. The molecule has 0 N–H and O–H groups in total. The highest BCUT2D eigenvalue weighted by Crippen LogP contribution is 2.32. The van der Waals surface area contributed by atoms with Crippen LogP contribution in [0.4, 0.5) is 5.69 Å². The third-order valence-corrected chi connectivity index (χ3v) is 9.33. The fourth-order valence-electron chi connectivity index (χ4n) is 4.82. The van der Waals surface area contributed by atoms with E-state index in [0.717, 1.165) is 24.8 Å². The lowest BCUT2D eigenvalue weighted by Gasteiger charge is -2.38. The highest BCUT2D eigenvalue weighted by atomic mass is 35.5. The molecule has 3 aromatic rings. The first-order valence-corrected chi connectivity index (χ1v) is 14.9. The maximum Gasteiger partial charge on any atom is 0.338 e. The van der Waals surface area contributed by atoms with Gasteiger partial charge in [0.05, 0.1) is 22.8 Å². The highest BCUT2D eigenvalue weighted by Gasteiger charge is 2.31. The minimum absolute atomic E-state index is 0.0243. The average molecular weight is 590 g/mol. The number of esters is 1. The van der Waals surface area contributed by atoms with Gasteiger partial charge in [-0.2, -0.15) is 0 Å². The van der Waals surface area contributed by atoms with E-state index in [4.69, 9.17) is 27.9 Å². The highest BCUT2D eigenvalue weighted by molar-refractivity contribution is 7.93. The van der Waals surface area contributed by atoms with Crippen molar-refractivity contribution in [3.05, 3.63) is 94.0 Å². The Morgan fingerprint density at radius 1 is 0.949 bits per heavy atom. The minimum Gasteiger partial charge on any atom is -0.452 e. The van der Waals surface area contributed by atoms with Crippen LogP contribution in [-0.2, 0) is 26.1 Å². The summed E-state index contributed by atoms with van der Waals surface area (Å²) in [6.07, 6.45) is 2.84. The van der Waals surface area contributed by atoms with Crippen LogP contribution in [0.25, 0.3) is 0 Å². The number of nitrogens with zero attached hydrogens (tertiary/aromatic N) is 2. The van der Waals surface area contributed by atoms with Gasteiger partial charge in [-0.15, -0.1) is 0 Å². The number of hydrogen-bond donors (Lipinski definition) is 0. The molecule has 4 rings (SSSR count). The molecule has 2 atom stereocenters. The predicted molar refractivity (Wildman–Crippen MR) is 153 cm³/mol. The molecule has 1 amide bonds. The summed E-state index contributed by atoms with van der Waals surface area (Å²) in [6.45, 7) is 3.56. The molecule has 7 nitrogen and oxygen atoms in total. The van der Waals surface area contributed by atoms with Gasteiger partial charge in [0.1, 0.15) is 4.90 Å². The van der Waals surface area contributed by atoms with Gasteiger partial charge >= 0.3 is 5.97 Å². The Morgan fingerprint density at radius 3 is 2.23 bits per heavy atom. The van der Waals surface area contributed by atoms with Gasteiger partial charge in [0.2, 0.25) is 0 Å². The standard InChI is InChI=1S/C29H30Cl2N2O5S/c1-20-7-6-8-21(2)33(20)28(34)19-38-29(35)23-11-16-26(31)27(17-23)39(36,37)32(18-22-9-4-3-5-10-22)25-14-12-24(30)13-15-25/h3-5,9-17,20-21H,6-8,18-19H2,1-2H3/t20-,21+. The van der Waals surface area contributed by atoms with Crippen LogP contribution in [-0.4, -0.2) is 43.9 Å². The van der Waals surface area contributed by atoms with E-state index in [1.54, 1.807) is 29.2 Å². The molecule has 0 bridgehead atoms. The first kappa shape index (κ1) is 28.9. The van der Waals surface area contributed by atoms with Gasteiger partial charge in [-0.1, -0.05) is 53.5 Å². The number of benzene rings is 3. The summed E-state index contributed by atoms with van der Waals surface area (Å²) in [7, 11) is -4.24. The summed E-state index contributed by atoms with van der Waals surface area (Å²) >= 11 is 12.4. The second kappa shape index (κ2) is 12.4. The van der Waals surface area contributed by atoms with Crippen molar-refractivity contribution >= 4 is 50.8 Å². The summed E-state index contributed by atoms with van der Waals surface area (Å²) in [5.74, 6) is -1.09. The van der Waals surface area contributed by atoms with Crippen LogP contribution in [0.2, 0.25) is 10.0 Å². The normalized spacial score (nSPS) is 17.5. The first-order chi connectivity index (χ1) is 18.6. The monoisotopic (exact) mass is 588 g/mol. The Hall–Kier alpha value is -3.07. The molecule has 0 aliphatic carbocycles. The lowest BCUT2D eigenvalue weighted by atomic mass is 9.97. The van der Waals surface area contributed by atoms with Crippen molar-refractivity contribution in [2.75, 3.05) is 10.9 Å². The molecule has 0 saturated carbocycles. The van der Waals surface area contributed by atoms with Crippen molar-refractivity contribution in [1.82, 2.24) is 4.90 Å². The van der Waals surface area contributed by atoms with Gasteiger partial charge in [0.15, 0.2) is 6.61 Å². The topological polar surface area (TPSA) is 84.0 Å². The van der Waals surface area contributed by atoms with E-state index in [1.807, 2.05) is 44.2 Å². The number of hydrogen-bond acceptors (Lipinski definition) is 5. The number of amides is 1. The summed E-state index contributed by atoms with van der Waals surface area (Å²) in [4.78, 5) is 27.2. The molecule has 1 aliphatic heterocycles. The Balaban J connectivity index is 1.60. The maximum atomic E-state index is 14.0. The van der Waals surface area contributed by atoms with Crippen molar-refractivity contribution in [3.63, 3.8) is 0 Å². The minimum atomic E-state index is -4.24. The fourth-order valence-corrected chi connectivity index (χ4v) is 6.90. The van der Waals surface area contributed by atoms with Crippen molar-refractivity contribution in [1.29, 1.82) is 0 Å². The van der Waals surface area contributed by atoms with Crippen LogP contribution >= 0.6 is 23.2 Å². The van der Waals surface area contributed by atoms with E-state index in [2.05, 4.69) is 0 Å². The molecule has 10 heteroatoms. The zero-order chi connectivity index (χ0) is 28.2. The first-order valence-electron chi connectivity index (χ1n) is 12.7. The molecule has 1 fully saturated rings. The molecule has 3 aromatic carbocycles. The van der Waals surface area contributed by atoms with Gasteiger partial charge in [0.25, 0.3) is 15.9 Å². The predicted octanol–water partition coefficient (Wildman–Crippen LogP) is 6.34. The molecular formula is C29H30Cl2N2O5S. The molecule has 1 heterocycles. The second-order valence-corrected chi connectivity index (χ2v) is 12.3. The Kier molecular flexibility index (Phi) is 9.20. The van der Waals surface area contributed by atoms with Gasteiger partial charge in [-0.05, 0) is 81.1 Å². The van der Waals surface area contributed by atoms with Crippen molar-refractivity contribution < 1.29 is 22.7 Å². The van der Waals surface area contributed by atoms with Crippen LogP contribution < -0.4 is 4.31 Å². The summed E-state index contributed by atoms with van der Waals surface area (Å²) in [5, 5.41) is 0.409. The van der Waals surface area contributed by atoms with Gasteiger partial charge in [0, 0.05) is 17.1 Å². The quantitative estimate of drug-likeness (QED) is 0.287. The number of piperidine rings is 1. The lowest BCUT2D eigenvalue weighted by Crippen LogP contribution is -2.49. The maximum absolute atomic E-state index is 14.0. The van der Waals surface area contributed by atoms with Crippen LogP contribution in [0.15, 0.2) is 77.7 Å². The largest absolute Gasteiger partial charge is 0.452 e. The number of halogens is 2. The fraction of sp³-hybridized carbons (Fsp3) is 0.310. The van der Waals surface area contributed by atoms with E-state index >= 15 is 0 Å². The van der Waals surface area contributed by atoms with Crippen molar-refractivity contribution in [3.8, 4) is 0 Å². The lowest BCUT2D eigenvalue weighted by molar-refractivity contribution is -0.140. The number of carbonyl (C=O) groups is 2. The molecule has 1 saturated heterocycles. The molecule has 1 aliphatic rings. The number of rotatable bonds is 8. The molecular weight excluding hydrogens is 559 g/mol. The third-order valence-electron chi connectivity index (χ3n) is 6.83. The molecule has 0 spiro atoms. The van der Waals surface area contributed by atoms with E-state index in [-0.39, 0.29) is 40.0 Å². The number of carbonyl (C=O) groups excluding carboxylic acids is 2. The van der Waals surface area contributed by atoms with E-state index < -0.39 is 22.6 Å². The molecule has 0 aromatic heterocycles. The van der Waals surface area contributed by atoms with Crippen molar-refractivity contribution in [2.24, 2.45) is 0 Å². The Morgan fingerprint density at radius 2 is 1.59 bits per heavy atom. The smallest absolute Gasteiger partial charge is 0.338 e. The molecule has 206 valence electrons. The van der Waals surface area contributed by atoms with Gasteiger partial charge < -0.3 is 9.64 Å². The average Bonchev–Trinajstić information content (AvgIpc) is 2.91. The Bertz CT molecular complexity index is 1420. The van der Waals surface area contributed by atoms with E-state index in [1.165, 1.54) is 22.5 Å². The third kappa shape index (κ3) is 6.75. The van der Waals surface area contributed by atoms with Gasteiger partial charge in [-0.25, -0.2) is 13.2 Å². The summed E-state index contributed by atoms with van der Waals surface area (Å²) in [6, 6.07) is 19.5. The summed E-state index contributed by atoms with van der Waals surface area (Å²) < 4.78 is 34.4. The van der Waals surface area contributed by atoms with Crippen molar-refractivity contribution in [2.45, 2.75) is 56.6 Å². The zero-order valence-corrected chi connectivity index (χ0v) is 24.0. The van der Waals surface area contributed by atoms with Gasteiger partial charge in [-0.3, -0.25) is 9.10 Å². The van der Waals surface area contributed by atoms with E-state index in [0.29, 0.717) is 10.7 Å². The number of ether oxygens (including phenoxy) is 1. The molecule has 0 radical (unpaired) electrons. The molecule has 39 heavy (non-hydrogen) atoms. The van der Waals surface area contributed by atoms with Crippen LogP contribution in [0.3, 0.4) is 0 Å². The Labute approximate surface area is 239 Å². The van der Waals surface area contributed by atoms with Crippen LogP contribution in [0, 0.1) is 0 Å². The van der Waals surface area contributed by atoms with Crippen LogP contribution in [0.1, 0.15) is 49.0 Å². The second-order valence-electron chi connectivity index (χ2n) is 9.62. The van der Waals surface area contributed by atoms with E-state index in [9.17, 15) is 18.0 Å². The number of likely N-dealkylation sites (tertiary alicyclic amines) is 1. The number of sulfonamides is 1. The SMILES string of the molecule is C[C@@H]1CCC[C@H](C)N1C(=O)COC(=O)c1ccc(Cl)c(S(=O)(=O)N(Cc2ccccc2)c2ccc(Cl)cc2)c1. The van der Waals surface area contributed by atoms with Crippen LogP contribution in [0.5, 0.6) is 0 Å².